The zero-order valence-corrected chi connectivity index (χ0v) is 66.7. The van der Waals surface area contributed by atoms with Crippen LogP contribution in [0.4, 0.5) is 0 Å². The first-order valence-electron chi connectivity index (χ1n) is 38.4. The standard InChI is InChI=1S/C48H33NOSi.C42H38BNO2Si.C12H7IO/c1-3-17-37(18-4-1)51(38-19-5-2-6-20-38,39-21-13-15-34(31-39)35-29-30-48-44(32-35)43-25-9-12-28-47(43)50-48)40-22-14-16-36(33-40)49-45-26-10-7-23-41(45)42-24-8-11-27-46(42)49;1-41(2)42(3,4)46-43(45-41)31-17-15-23-35(29-31)47(33-19-7-5-8-20-33,34-21-9-6-10-22-34)36-24-16-18-32(30-36)44-39-27-13-11-25-37(39)38-26-12-14-28-40(38)44;13-8-5-6-12-10(7-8)9-3-1-2-4-11(9)14-12/h1-33H;5-30H,1-4H3;1-7H. The minimum absolute atomic E-state index is 0.419. The molecule has 1 aliphatic heterocycles. The predicted octanol–water partition coefficient (Wildman–Crippen LogP) is 20.4. The summed E-state index contributed by atoms with van der Waals surface area (Å²) in [6.45, 7) is 8.46. The van der Waals surface area contributed by atoms with Crippen LogP contribution < -0.4 is 47.0 Å². The molecule has 0 aliphatic carbocycles. The van der Waals surface area contributed by atoms with Gasteiger partial charge in [-0.05, 0) is 199 Å². The van der Waals surface area contributed by atoms with E-state index < -0.39 is 34.5 Å². The Hall–Kier alpha value is -12.1. The fourth-order valence-electron chi connectivity index (χ4n) is 17.3. The molecule has 16 aromatic carbocycles. The summed E-state index contributed by atoms with van der Waals surface area (Å²) in [6.07, 6.45) is 0. The van der Waals surface area contributed by atoms with Gasteiger partial charge in [0.25, 0.3) is 0 Å². The third-order valence-corrected chi connectivity index (χ3v) is 33.4. The molecule has 0 N–H and O–H groups in total. The van der Waals surface area contributed by atoms with Crippen molar-refractivity contribution >= 4 is 180 Å². The Morgan fingerprint density at radius 3 is 0.991 bits per heavy atom. The lowest BCUT2D eigenvalue weighted by atomic mass is 9.79. The number of fused-ring (bicyclic) bond motifs is 12. The van der Waals surface area contributed by atoms with Gasteiger partial charge in [-0.3, -0.25) is 0 Å². The Labute approximate surface area is 667 Å². The van der Waals surface area contributed by atoms with Gasteiger partial charge in [-0.1, -0.05) is 309 Å². The molecule has 0 bridgehead atoms. The van der Waals surface area contributed by atoms with Gasteiger partial charge in [0.1, 0.15) is 22.3 Å². The van der Waals surface area contributed by atoms with Crippen molar-refractivity contribution in [2.45, 2.75) is 38.9 Å². The van der Waals surface area contributed by atoms with Crippen LogP contribution in [0.3, 0.4) is 0 Å². The molecular formula is C102H78BIN2O4Si2. The fraction of sp³-hybridized carbons (Fsp3) is 0.0588. The molecule has 538 valence electrons. The second-order valence-corrected chi connectivity index (χ2v) is 39.0. The molecule has 0 unspecified atom stereocenters. The van der Waals surface area contributed by atoms with Crippen LogP contribution in [0.15, 0.2) is 409 Å². The first kappa shape index (κ1) is 70.3. The Morgan fingerprint density at radius 1 is 0.250 bits per heavy atom. The number of hydrogen-bond acceptors (Lipinski definition) is 4. The SMILES string of the molecule is CC1(C)OB(c2cccc([Si](c3ccccc3)(c3ccccc3)c3cccc(-n4c5ccccc5c5ccccc54)c3)c2)OC1(C)C.Ic1ccc2oc3ccccc3c2c1.c1ccc([Si](c2ccccc2)(c2cccc(-c3ccc4oc5ccccc5c4c3)c2)c2cccc(-n3c4ccccc4c4ccccc43)c2)cc1. The lowest BCUT2D eigenvalue weighted by Gasteiger charge is -2.35. The van der Waals surface area contributed by atoms with E-state index in [4.69, 9.17) is 18.1 Å². The number of halogens is 1. The molecule has 0 radical (unpaired) electrons. The molecule has 20 aromatic rings. The Kier molecular flexibility index (Phi) is 18.2. The number of aromatic nitrogens is 2. The first-order valence-corrected chi connectivity index (χ1v) is 43.5. The highest BCUT2D eigenvalue weighted by atomic mass is 127. The van der Waals surface area contributed by atoms with E-state index in [0.29, 0.717) is 0 Å². The average Bonchev–Trinajstić information content (AvgIpc) is 0.812. The van der Waals surface area contributed by atoms with E-state index in [9.17, 15) is 0 Å². The van der Waals surface area contributed by atoms with E-state index >= 15 is 0 Å². The Balaban J connectivity index is 0.000000129. The summed E-state index contributed by atoms with van der Waals surface area (Å²) >= 11 is 2.32. The summed E-state index contributed by atoms with van der Waals surface area (Å²) < 4.78 is 31.1. The molecule has 0 saturated carbocycles. The lowest BCUT2D eigenvalue weighted by molar-refractivity contribution is 0.00578. The molecule has 5 heterocycles. The fourth-order valence-corrected chi connectivity index (χ4v) is 27.5. The van der Waals surface area contributed by atoms with Gasteiger partial charge in [0.05, 0.1) is 33.3 Å². The van der Waals surface area contributed by atoms with Crippen LogP contribution in [0, 0.1) is 3.57 Å². The highest BCUT2D eigenvalue weighted by molar-refractivity contribution is 14.1. The van der Waals surface area contributed by atoms with Gasteiger partial charge in [0.2, 0.25) is 0 Å². The van der Waals surface area contributed by atoms with Crippen LogP contribution in [-0.2, 0) is 9.31 Å². The zero-order chi connectivity index (χ0) is 75.6. The van der Waals surface area contributed by atoms with Crippen molar-refractivity contribution in [3.8, 4) is 22.5 Å². The summed E-state index contributed by atoms with van der Waals surface area (Å²) in [5.41, 5.74) is 13.5. The highest BCUT2D eigenvalue weighted by Gasteiger charge is 2.52. The van der Waals surface area contributed by atoms with Gasteiger partial charge in [-0.2, -0.15) is 0 Å². The molecule has 1 fully saturated rings. The van der Waals surface area contributed by atoms with Crippen LogP contribution in [0.25, 0.3) is 110 Å². The summed E-state index contributed by atoms with van der Waals surface area (Å²) in [5, 5.41) is 20.4. The van der Waals surface area contributed by atoms with E-state index in [1.54, 1.807) is 0 Å². The molecule has 21 rings (SSSR count). The van der Waals surface area contributed by atoms with Crippen LogP contribution in [-0.4, -0.2) is 43.6 Å². The third kappa shape index (κ3) is 12.2. The summed E-state index contributed by atoms with van der Waals surface area (Å²) in [5.74, 6) is 0. The number of hydrogen-bond donors (Lipinski definition) is 0. The number of para-hydroxylation sites is 6. The molecule has 1 aliphatic rings. The van der Waals surface area contributed by atoms with Gasteiger partial charge >= 0.3 is 7.12 Å². The Morgan fingerprint density at radius 2 is 0.562 bits per heavy atom. The quantitative estimate of drug-likeness (QED) is 0.0695. The van der Waals surface area contributed by atoms with Crippen molar-refractivity contribution in [3.63, 3.8) is 0 Å². The molecule has 6 nitrogen and oxygen atoms in total. The molecule has 0 atom stereocenters. The lowest BCUT2D eigenvalue weighted by Crippen LogP contribution is -2.75. The smallest absolute Gasteiger partial charge is 0.456 e. The maximum Gasteiger partial charge on any atom is 0.494 e. The number of rotatable bonds is 12. The summed E-state index contributed by atoms with van der Waals surface area (Å²) in [7, 11) is -6.16. The van der Waals surface area contributed by atoms with Crippen molar-refractivity contribution in [2.75, 3.05) is 0 Å². The van der Waals surface area contributed by atoms with Crippen molar-refractivity contribution < 1.29 is 18.1 Å². The number of furan rings is 2. The van der Waals surface area contributed by atoms with E-state index in [0.717, 1.165) is 44.3 Å². The van der Waals surface area contributed by atoms with Gasteiger partial charge in [-0.25, -0.2) is 0 Å². The first-order chi connectivity index (χ1) is 54.9. The van der Waals surface area contributed by atoms with E-state index in [1.807, 2.05) is 36.4 Å². The maximum absolute atomic E-state index is 6.57. The van der Waals surface area contributed by atoms with Crippen LogP contribution in [0.5, 0.6) is 0 Å². The summed E-state index contributed by atoms with van der Waals surface area (Å²) in [4.78, 5) is 0. The normalized spacial score (nSPS) is 13.5. The second-order valence-electron chi connectivity index (χ2n) is 30.1. The molecular weight excluding hydrogens is 1510 g/mol. The second kappa shape index (κ2) is 28.9. The largest absolute Gasteiger partial charge is 0.494 e. The molecule has 10 heteroatoms. The van der Waals surface area contributed by atoms with E-state index in [1.165, 1.54) is 116 Å². The average molecular weight is 1590 g/mol. The van der Waals surface area contributed by atoms with Crippen LogP contribution in [0.1, 0.15) is 27.7 Å². The van der Waals surface area contributed by atoms with Gasteiger partial charge in [0, 0.05) is 58.0 Å². The predicted molar refractivity (Wildman–Crippen MR) is 484 cm³/mol. The topological polar surface area (TPSA) is 54.6 Å². The molecule has 0 amide bonds. The van der Waals surface area contributed by atoms with Crippen molar-refractivity contribution in [3.05, 3.63) is 404 Å². The summed E-state index contributed by atoms with van der Waals surface area (Å²) in [6, 6.07) is 146. The van der Waals surface area contributed by atoms with Gasteiger partial charge in [0.15, 0.2) is 16.1 Å². The zero-order valence-electron chi connectivity index (χ0n) is 62.6. The maximum atomic E-state index is 6.57. The van der Waals surface area contributed by atoms with Crippen LogP contribution in [0.2, 0.25) is 0 Å². The number of nitrogens with zero attached hydrogens (tertiary/aromatic N) is 2. The van der Waals surface area contributed by atoms with E-state index in [2.05, 4.69) is 423 Å². The minimum Gasteiger partial charge on any atom is -0.456 e. The Bertz CT molecular complexity index is 6690. The van der Waals surface area contributed by atoms with Crippen molar-refractivity contribution in [1.29, 1.82) is 0 Å². The van der Waals surface area contributed by atoms with Crippen LogP contribution >= 0.6 is 22.6 Å². The number of benzene rings is 16. The van der Waals surface area contributed by atoms with Crippen molar-refractivity contribution in [1.82, 2.24) is 9.13 Å². The molecule has 0 spiro atoms. The monoisotopic (exact) mass is 1590 g/mol. The highest BCUT2D eigenvalue weighted by Crippen LogP contribution is 2.39. The molecule has 1 saturated heterocycles. The van der Waals surface area contributed by atoms with Gasteiger partial charge in [-0.15, -0.1) is 0 Å². The molecule has 4 aromatic heterocycles. The van der Waals surface area contributed by atoms with Crippen molar-refractivity contribution in [2.24, 2.45) is 0 Å². The van der Waals surface area contributed by atoms with E-state index in [-0.39, 0.29) is 0 Å². The van der Waals surface area contributed by atoms with Gasteiger partial charge < -0.3 is 27.3 Å². The molecule has 112 heavy (non-hydrogen) atoms. The third-order valence-electron chi connectivity index (χ3n) is 23.3. The minimum atomic E-state index is -2.86.